The summed E-state index contributed by atoms with van der Waals surface area (Å²) in [5.74, 6) is -0.888. The van der Waals surface area contributed by atoms with Gasteiger partial charge in [-0.1, -0.05) is 72.8 Å². The third-order valence-corrected chi connectivity index (χ3v) is 11.5. The number of carbonyl (C=O) groups excluding carboxylic acids is 1. The van der Waals surface area contributed by atoms with Gasteiger partial charge in [0.25, 0.3) is 0 Å². The van der Waals surface area contributed by atoms with E-state index in [0.29, 0.717) is 28.9 Å². The van der Waals surface area contributed by atoms with Crippen molar-refractivity contribution in [3.63, 3.8) is 0 Å². The van der Waals surface area contributed by atoms with E-state index in [4.69, 9.17) is 14.2 Å². The lowest BCUT2D eigenvalue weighted by atomic mass is 9.96. The fourth-order valence-electron chi connectivity index (χ4n) is 6.72. The lowest BCUT2D eigenvalue weighted by Gasteiger charge is -2.23. The molecule has 4 fully saturated rings. The Balaban J connectivity index is 1.19. The zero-order valence-corrected chi connectivity index (χ0v) is 25.3. The summed E-state index contributed by atoms with van der Waals surface area (Å²) < 4.78 is 45.5. The van der Waals surface area contributed by atoms with Crippen LogP contribution in [-0.4, -0.2) is 32.0 Å². The van der Waals surface area contributed by atoms with Crippen LogP contribution < -0.4 is 0 Å². The highest BCUT2D eigenvalue weighted by Crippen LogP contribution is 2.55. The smallest absolute Gasteiger partial charge is 0.338 e. The number of ether oxygens (including phenoxy) is 3. The van der Waals surface area contributed by atoms with Crippen molar-refractivity contribution in [1.29, 1.82) is 0 Å². The summed E-state index contributed by atoms with van der Waals surface area (Å²) in [6, 6.07) is 25.9. The average Bonchev–Trinajstić information content (AvgIpc) is 3.97. The number of hydrogen-bond donors (Lipinski definition) is 0. The standard InChI is InChI=1S/C36H38O6S/c1-2-40-35(37)31(28-15-18-32(30(22-28)25-13-14-25)43(38,39)29-16-17-29)21-24-19-20-36(23-24)41-33(26-9-5-3-6-10-26)34(42-36)27-11-7-4-8-12-27/h3-12,15,18,21-22,24-25,29,33-34H,2,13-14,16-17,19-20,23H2,1H3/t24-,33-,34-/m1/s1. The van der Waals surface area contributed by atoms with Crippen molar-refractivity contribution < 1.29 is 27.4 Å². The van der Waals surface area contributed by atoms with Crippen LogP contribution in [0.5, 0.6) is 0 Å². The predicted molar refractivity (Wildman–Crippen MR) is 164 cm³/mol. The summed E-state index contributed by atoms with van der Waals surface area (Å²) in [6.45, 7) is 2.06. The Hall–Kier alpha value is -3.26. The maximum absolute atomic E-state index is 13.3. The quantitative estimate of drug-likeness (QED) is 0.188. The topological polar surface area (TPSA) is 78.9 Å². The van der Waals surface area contributed by atoms with E-state index in [1.807, 2.05) is 48.5 Å². The molecule has 0 unspecified atom stereocenters. The van der Waals surface area contributed by atoms with Gasteiger partial charge in [0.2, 0.25) is 0 Å². The van der Waals surface area contributed by atoms with Crippen LogP contribution in [0.2, 0.25) is 0 Å². The van der Waals surface area contributed by atoms with E-state index in [-0.39, 0.29) is 41.9 Å². The highest BCUT2D eigenvalue weighted by molar-refractivity contribution is 7.92. The van der Waals surface area contributed by atoms with Crippen molar-refractivity contribution >= 4 is 21.4 Å². The highest BCUT2D eigenvalue weighted by Gasteiger charge is 2.52. The molecule has 1 saturated heterocycles. The van der Waals surface area contributed by atoms with Gasteiger partial charge in [0.15, 0.2) is 15.6 Å². The summed E-state index contributed by atoms with van der Waals surface area (Å²) in [7, 11) is -3.34. The fraction of sp³-hybridized carbons (Fsp3) is 0.417. The Morgan fingerprint density at radius 2 is 1.51 bits per heavy atom. The van der Waals surface area contributed by atoms with Crippen LogP contribution in [-0.2, 0) is 28.8 Å². The summed E-state index contributed by atoms with van der Waals surface area (Å²) in [5, 5.41) is -0.267. The molecule has 0 radical (unpaired) electrons. The van der Waals surface area contributed by atoms with Crippen LogP contribution in [0, 0.1) is 5.92 Å². The van der Waals surface area contributed by atoms with Crippen molar-refractivity contribution in [2.45, 2.75) is 85.9 Å². The molecule has 1 aliphatic heterocycles. The van der Waals surface area contributed by atoms with Crippen LogP contribution in [0.4, 0.5) is 0 Å². The van der Waals surface area contributed by atoms with Gasteiger partial charge < -0.3 is 14.2 Å². The van der Waals surface area contributed by atoms with E-state index in [1.54, 1.807) is 19.1 Å². The molecule has 7 rings (SSSR count). The predicted octanol–water partition coefficient (Wildman–Crippen LogP) is 7.47. The molecular weight excluding hydrogens is 560 g/mol. The van der Waals surface area contributed by atoms with Gasteiger partial charge in [-0.05, 0) is 85.3 Å². The largest absolute Gasteiger partial charge is 0.462 e. The fourth-order valence-corrected chi connectivity index (χ4v) is 8.65. The van der Waals surface area contributed by atoms with Gasteiger partial charge in [-0.3, -0.25) is 0 Å². The van der Waals surface area contributed by atoms with Gasteiger partial charge in [-0.15, -0.1) is 0 Å². The van der Waals surface area contributed by atoms with E-state index in [1.165, 1.54) is 0 Å². The summed E-state index contributed by atoms with van der Waals surface area (Å²) in [6.07, 6.45) is 7.06. The van der Waals surface area contributed by atoms with Gasteiger partial charge >= 0.3 is 5.97 Å². The van der Waals surface area contributed by atoms with Crippen molar-refractivity contribution in [2.75, 3.05) is 6.61 Å². The van der Waals surface area contributed by atoms with Crippen LogP contribution >= 0.6 is 0 Å². The third-order valence-electron chi connectivity index (χ3n) is 9.19. The molecule has 3 aromatic rings. The molecule has 3 saturated carbocycles. The van der Waals surface area contributed by atoms with Crippen LogP contribution in [0.3, 0.4) is 0 Å². The van der Waals surface area contributed by atoms with Gasteiger partial charge in [0, 0.05) is 12.8 Å². The molecule has 3 aromatic carbocycles. The number of benzene rings is 3. The first-order chi connectivity index (χ1) is 20.9. The molecular formula is C36H38O6S. The lowest BCUT2D eigenvalue weighted by Crippen LogP contribution is -2.26. The number of carbonyl (C=O) groups is 1. The van der Waals surface area contributed by atoms with Crippen LogP contribution in [0.1, 0.15) is 92.2 Å². The minimum absolute atomic E-state index is 0.0320. The molecule has 0 aromatic heterocycles. The lowest BCUT2D eigenvalue weighted by molar-refractivity contribution is -0.172. The Kier molecular flexibility index (Phi) is 7.52. The molecule has 0 amide bonds. The van der Waals surface area contributed by atoms with Gasteiger partial charge in [0.1, 0.15) is 12.2 Å². The average molecular weight is 599 g/mol. The number of esters is 1. The minimum atomic E-state index is -3.34. The summed E-state index contributed by atoms with van der Waals surface area (Å²) in [4.78, 5) is 13.8. The monoisotopic (exact) mass is 598 g/mol. The van der Waals surface area contributed by atoms with Gasteiger partial charge in [-0.2, -0.15) is 0 Å². The number of allylic oxidation sites excluding steroid dienone is 1. The number of hydrogen-bond acceptors (Lipinski definition) is 6. The molecule has 43 heavy (non-hydrogen) atoms. The Morgan fingerprint density at radius 1 is 0.884 bits per heavy atom. The van der Waals surface area contributed by atoms with Crippen LogP contribution in [0.15, 0.2) is 89.8 Å². The zero-order chi connectivity index (χ0) is 29.6. The second kappa shape index (κ2) is 11.3. The van der Waals surface area contributed by atoms with Crippen molar-refractivity contribution in [3.05, 3.63) is 107 Å². The molecule has 6 nitrogen and oxygen atoms in total. The van der Waals surface area contributed by atoms with Crippen molar-refractivity contribution in [2.24, 2.45) is 5.92 Å². The van der Waals surface area contributed by atoms with Crippen molar-refractivity contribution in [1.82, 2.24) is 0 Å². The molecule has 4 aliphatic rings. The van der Waals surface area contributed by atoms with Gasteiger partial charge in [-0.25, -0.2) is 13.2 Å². The van der Waals surface area contributed by atoms with E-state index < -0.39 is 15.6 Å². The Labute approximate surface area is 254 Å². The van der Waals surface area contributed by atoms with Crippen LogP contribution in [0.25, 0.3) is 5.57 Å². The first-order valence-corrected chi connectivity index (χ1v) is 17.1. The molecule has 224 valence electrons. The molecule has 0 bridgehead atoms. The maximum Gasteiger partial charge on any atom is 0.338 e. The first-order valence-electron chi connectivity index (χ1n) is 15.6. The SMILES string of the molecule is CCOC(=O)C(=C[C@H]1CCC2(C1)O[C@H](c1ccccc1)[C@@H](c1ccccc1)O2)c1ccc(S(=O)(=O)C2CC2)c(C2CC2)c1. The zero-order valence-electron chi connectivity index (χ0n) is 24.5. The second-order valence-electron chi connectivity index (χ2n) is 12.4. The van der Waals surface area contributed by atoms with E-state index in [0.717, 1.165) is 48.8 Å². The van der Waals surface area contributed by atoms with E-state index in [2.05, 4.69) is 24.3 Å². The second-order valence-corrected chi connectivity index (χ2v) is 14.6. The Morgan fingerprint density at radius 3 is 2.07 bits per heavy atom. The minimum Gasteiger partial charge on any atom is -0.462 e. The maximum atomic E-state index is 13.3. The number of rotatable bonds is 9. The summed E-state index contributed by atoms with van der Waals surface area (Å²) >= 11 is 0. The number of sulfone groups is 1. The highest BCUT2D eigenvalue weighted by atomic mass is 32.2. The van der Waals surface area contributed by atoms with E-state index in [9.17, 15) is 13.2 Å². The van der Waals surface area contributed by atoms with E-state index >= 15 is 0 Å². The third kappa shape index (κ3) is 5.70. The molecule has 3 atom stereocenters. The molecule has 3 aliphatic carbocycles. The molecule has 1 spiro atoms. The Bertz CT molecular complexity index is 1580. The molecule has 7 heteroatoms. The summed E-state index contributed by atoms with van der Waals surface area (Å²) in [5.41, 5.74) is 4.20. The van der Waals surface area contributed by atoms with Gasteiger partial charge in [0.05, 0.1) is 22.3 Å². The normalized spacial score (nSPS) is 25.2. The molecule has 0 N–H and O–H groups in total. The molecule has 1 heterocycles. The first kappa shape index (κ1) is 28.5. The van der Waals surface area contributed by atoms with Crippen molar-refractivity contribution in [3.8, 4) is 0 Å².